The average Bonchev–Trinajstić information content (AvgIpc) is 3.39. The molecule has 5 rings (SSSR count). The van der Waals surface area contributed by atoms with Crippen molar-refractivity contribution in [3.8, 4) is 11.4 Å². The van der Waals surface area contributed by atoms with Crippen molar-refractivity contribution in [2.75, 3.05) is 44.2 Å². The van der Waals surface area contributed by atoms with E-state index in [-0.39, 0.29) is 0 Å². The van der Waals surface area contributed by atoms with Crippen LogP contribution in [0.3, 0.4) is 0 Å². The molecule has 2 saturated heterocycles. The van der Waals surface area contributed by atoms with Crippen LogP contribution in [0.2, 0.25) is 0 Å². The summed E-state index contributed by atoms with van der Waals surface area (Å²) in [5.41, 5.74) is 1.50. The molecule has 0 radical (unpaired) electrons. The van der Waals surface area contributed by atoms with Crippen molar-refractivity contribution < 1.29 is 8.42 Å². The highest BCUT2D eigenvalue weighted by atomic mass is 32.2. The molecule has 0 N–H and O–H groups in total. The van der Waals surface area contributed by atoms with Crippen LogP contribution in [0.25, 0.3) is 17.0 Å². The Balaban J connectivity index is 1.38. The Labute approximate surface area is 175 Å². The lowest BCUT2D eigenvalue weighted by molar-refractivity contribution is 0.373. The van der Waals surface area contributed by atoms with Gasteiger partial charge in [-0.25, -0.2) is 0 Å². The fraction of sp³-hybridized carbons (Fsp3) is 0.474. The van der Waals surface area contributed by atoms with E-state index in [2.05, 4.69) is 20.1 Å². The summed E-state index contributed by atoms with van der Waals surface area (Å²) in [5.74, 6) is 1.42. The first kappa shape index (κ1) is 19.3. The molecule has 0 saturated carbocycles. The van der Waals surface area contributed by atoms with Gasteiger partial charge in [0.25, 0.3) is 10.2 Å². The molecule has 2 aliphatic rings. The lowest BCUT2D eigenvalue weighted by Gasteiger charge is -2.26. The SMILES string of the molecule is O=S(=O)(N1CCCC1)N1CCCN(c2ccc3nnc(-c4cccnc4)n3n2)CC1. The number of nitrogens with zero attached hydrogens (tertiary/aromatic N) is 8. The number of hydrogen-bond acceptors (Lipinski definition) is 7. The normalized spacial score (nSPS) is 19.4. The number of fused-ring (bicyclic) bond motifs is 1. The predicted octanol–water partition coefficient (Wildman–Crippen LogP) is 1.04. The van der Waals surface area contributed by atoms with Gasteiger partial charge < -0.3 is 4.90 Å². The van der Waals surface area contributed by atoms with Crippen LogP contribution < -0.4 is 4.90 Å². The van der Waals surface area contributed by atoms with Gasteiger partial charge in [-0.3, -0.25) is 4.98 Å². The highest BCUT2D eigenvalue weighted by Crippen LogP contribution is 2.22. The summed E-state index contributed by atoms with van der Waals surface area (Å²) in [6.45, 7) is 3.59. The molecular weight excluding hydrogens is 404 g/mol. The lowest BCUT2D eigenvalue weighted by atomic mass is 10.3. The Morgan fingerprint density at radius 3 is 2.43 bits per heavy atom. The third kappa shape index (κ3) is 3.53. The number of aromatic nitrogens is 5. The molecule has 5 heterocycles. The van der Waals surface area contributed by atoms with Crippen LogP contribution in [-0.4, -0.2) is 81.1 Å². The molecule has 0 spiro atoms. The second-order valence-corrected chi connectivity index (χ2v) is 9.51. The fourth-order valence-corrected chi connectivity index (χ4v) is 5.78. The van der Waals surface area contributed by atoms with Crippen molar-refractivity contribution in [3.63, 3.8) is 0 Å². The Morgan fingerprint density at radius 2 is 1.63 bits per heavy atom. The van der Waals surface area contributed by atoms with Crippen LogP contribution >= 0.6 is 0 Å². The van der Waals surface area contributed by atoms with E-state index < -0.39 is 10.2 Å². The molecule has 0 atom stereocenters. The molecule has 3 aromatic rings. The first-order chi connectivity index (χ1) is 14.6. The Bertz CT molecular complexity index is 1130. The summed E-state index contributed by atoms with van der Waals surface area (Å²) in [4.78, 5) is 6.28. The predicted molar refractivity (Wildman–Crippen MR) is 112 cm³/mol. The molecule has 2 aliphatic heterocycles. The van der Waals surface area contributed by atoms with Crippen LogP contribution in [0.1, 0.15) is 19.3 Å². The second kappa shape index (κ2) is 7.89. The van der Waals surface area contributed by atoms with E-state index in [1.807, 2.05) is 24.3 Å². The van der Waals surface area contributed by atoms with Gasteiger partial charge in [0.05, 0.1) is 0 Å². The van der Waals surface area contributed by atoms with Crippen LogP contribution in [0.5, 0.6) is 0 Å². The van der Waals surface area contributed by atoms with Crippen LogP contribution in [-0.2, 0) is 10.2 Å². The first-order valence-corrected chi connectivity index (χ1v) is 11.7. The number of rotatable bonds is 4. The minimum Gasteiger partial charge on any atom is -0.354 e. The van der Waals surface area contributed by atoms with Crippen molar-refractivity contribution in [2.24, 2.45) is 0 Å². The second-order valence-electron chi connectivity index (χ2n) is 7.58. The summed E-state index contributed by atoms with van der Waals surface area (Å²) in [6.07, 6.45) is 6.09. The van der Waals surface area contributed by atoms with E-state index in [9.17, 15) is 8.42 Å². The van der Waals surface area contributed by atoms with Gasteiger partial charge in [0.1, 0.15) is 5.82 Å². The van der Waals surface area contributed by atoms with Gasteiger partial charge in [-0.2, -0.15) is 21.5 Å². The van der Waals surface area contributed by atoms with Crippen molar-refractivity contribution >= 4 is 21.7 Å². The topological polar surface area (TPSA) is 99.8 Å². The van der Waals surface area contributed by atoms with Crippen molar-refractivity contribution in [1.29, 1.82) is 0 Å². The zero-order valence-corrected chi connectivity index (χ0v) is 17.4. The summed E-state index contributed by atoms with van der Waals surface area (Å²) >= 11 is 0. The molecule has 3 aromatic heterocycles. The van der Waals surface area contributed by atoms with Gasteiger partial charge >= 0.3 is 0 Å². The van der Waals surface area contributed by atoms with E-state index in [4.69, 9.17) is 5.10 Å². The summed E-state index contributed by atoms with van der Waals surface area (Å²) in [7, 11) is -3.37. The molecule has 0 unspecified atom stereocenters. The van der Waals surface area contributed by atoms with E-state index >= 15 is 0 Å². The minimum atomic E-state index is -3.37. The molecule has 158 valence electrons. The van der Waals surface area contributed by atoms with E-state index in [0.29, 0.717) is 44.2 Å². The maximum atomic E-state index is 12.9. The highest BCUT2D eigenvalue weighted by Gasteiger charge is 2.32. The van der Waals surface area contributed by atoms with Crippen molar-refractivity contribution in [2.45, 2.75) is 19.3 Å². The number of hydrogen-bond donors (Lipinski definition) is 0. The lowest BCUT2D eigenvalue weighted by Crippen LogP contribution is -2.44. The third-order valence-corrected chi connectivity index (χ3v) is 7.70. The van der Waals surface area contributed by atoms with Gasteiger partial charge in [-0.05, 0) is 43.5 Å². The van der Waals surface area contributed by atoms with Gasteiger partial charge in [0.15, 0.2) is 11.5 Å². The quantitative estimate of drug-likeness (QED) is 0.612. The van der Waals surface area contributed by atoms with Crippen LogP contribution in [0.15, 0.2) is 36.7 Å². The molecule has 10 nitrogen and oxygen atoms in total. The number of anilines is 1. The minimum absolute atomic E-state index is 0.455. The fourth-order valence-electron chi connectivity index (χ4n) is 4.06. The van der Waals surface area contributed by atoms with Crippen LogP contribution in [0, 0.1) is 0 Å². The van der Waals surface area contributed by atoms with Crippen molar-refractivity contribution in [1.82, 2.24) is 33.4 Å². The van der Waals surface area contributed by atoms with Gasteiger partial charge in [-0.1, -0.05) is 0 Å². The summed E-state index contributed by atoms with van der Waals surface area (Å²) < 4.78 is 30.8. The third-order valence-electron chi connectivity index (χ3n) is 5.66. The zero-order valence-electron chi connectivity index (χ0n) is 16.6. The monoisotopic (exact) mass is 428 g/mol. The average molecular weight is 429 g/mol. The van der Waals surface area contributed by atoms with E-state index in [1.165, 1.54) is 0 Å². The largest absolute Gasteiger partial charge is 0.354 e. The van der Waals surface area contributed by atoms with E-state index in [0.717, 1.165) is 37.2 Å². The standard InChI is InChI=1S/C19H24N8O2S/c28-30(29,25-10-1-2-11-25)26-12-4-9-24(13-14-26)18-7-6-17-21-22-19(27(17)23-18)16-5-3-8-20-15-16/h3,5-8,15H,1-2,4,9-14H2. The molecule has 0 bridgehead atoms. The van der Waals surface area contributed by atoms with Crippen molar-refractivity contribution in [3.05, 3.63) is 36.7 Å². The molecule has 0 aromatic carbocycles. The van der Waals surface area contributed by atoms with Gasteiger partial charge in [0.2, 0.25) is 0 Å². The number of pyridine rings is 1. The Kier molecular flexibility index (Phi) is 5.09. The molecule has 0 aliphatic carbocycles. The van der Waals surface area contributed by atoms with Gasteiger partial charge in [-0.15, -0.1) is 15.3 Å². The maximum absolute atomic E-state index is 12.9. The highest BCUT2D eigenvalue weighted by molar-refractivity contribution is 7.86. The maximum Gasteiger partial charge on any atom is 0.282 e. The molecule has 0 amide bonds. The molecule has 11 heteroatoms. The molecule has 30 heavy (non-hydrogen) atoms. The van der Waals surface area contributed by atoms with Crippen LogP contribution in [0.4, 0.5) is 5.82 Å². The first-order valence-electron chi connectivity index (χ1n) is 10.3. The summed E-state index contributed by atoms with van der Waals surface area (Å²) in [5, 5.41) is 13.2. The Morgan fingerprint density at radius 1 is 0.833 bits per heavy atom. The zero-order chi connectivity index (χ0) is 20.6. The smallest absolute Gasteiger partial charge is 0.282 e. The molecular formula is C19H24N8O2S. The van der Waals surface area contributed by atoms with Gasteiger partial charge in [0, 0.05) is 57.2 Å². The Hall–Kier alpha value is -2.63. The van der Waals surface area contributed by atoms with E-state index in [1.54, 1.807) is 25.5 Å². The summed E-state index contributed by atoms with van der Waals surface area (Å²) in [6, 6.07) is 7.58. The molecule has 2 fully saturated rings.